The summed E-state index contributed by atoms with van der Waals surface area (Å²) in [5.41, 5.74) is 0.656. The standard InChI is InChI=1S/C18H25N5O2/c1-17(2)9-13(10-18(3,4)23(17)5)25-16(24)15-20-14(21-22-15)12-7-6-8-19-11-12/h6-8,11,13H,9-10H2,1-5H3,(H,20,21,22). The molecule has 25 heavy (non-hydrogen) atoms. The quantitative estimate of drug-likeness (QED) is 0.863. The average molecular weight is 343 g/mol. The molecule has 0 atom stereocenters. The third kappa shape index (κ3) is 3.56. The van der Waals surface area contributed by atoms with Gasteiger partial charge >= 0.3 is 5.97 Å². The first-order chi connectivity index (χ1) is 11.7. The molecule has 0 unspecified atom stereocenters. The van der Waals surface area contributed by atoms with Gasteiger partial charge in [-0.1, -0.05) is 0 Å². The van der Waals surface area contributed by atoms with Gasteiger partial charge in [0.15, 0.2) is 5.82 Å². The molecular formula is C18H25N5O2. The zero-order valence-corrected chi connectivity index (χ0v) is 15.4. The lowest BCUT2D eigenvalue weighted by atomic mass is 9.79. The maximum Gasteiger partial charge on any atom is 0.376 e. The maximum absolute atomic E-state index is 12.5. The monoisotopic (exact) mass is 343 g/mol. The van der Waals surface area contributed by atoms with Crippen LogP contribution in [0.5, 0.6) is 0 Å². The Morgan fingerprint density at radius 1 is 1.28 bits per heavy atom. The predicted molar refractivity (Wildman–Crippen MR) is 94.0 cm³/mol. The smallest absolute Gasteiger partial charge is 0.376 e. The molecule has 0 aliphatic carbocycles. The van der Waals surface area contributed by atoms with Crippen LogP contribution in [-0.4, -0.2) is 55.3 Å². The number of carbonyl (C=O) groups excluding carboxylic acids is 1. The Kier molecular flexibility index (Phi) is 4.36. The molecule has 134 valence electrons. The summed E-state index contributed by atoms with van der Waals surface area (Å²) in [6, 6.07) is 3.64. The van der Waals surface area contributed by atoms with Crippen LogP contribution in [0.2, 0.25) is 0 Å². The van der Waals surface area contributed by atoms with Gasteiger partial charge in [0.1, 0.15) is 6.10 Å². The molecule has 7 heteroatoms. The van der Waals surface area contributed by atoms with Gasteiger partial charge in [-0.25, -0.2) is 9.78 Å². The second kappa shape index (κ2) is 6.22. The maximum atomic E-state index is 12.5. The summed E-state index contributed by atoms with van der Waals surface area (Å²) < 4.78 is 5.73. The number of ether oxygens (including phenoxy) is 1. The number of aromatic nitrogens is 4. The van der Waals surface area contributed by atoms with E-state index in [0.717, 1.165) is 18.4 Å². The number of aromatic amines is 1. The summed E-state index contributed by atoms with van der Waals surface area (Å²) in [5.74, 6) is 0.0845. The minimum atomic E-state index is -0.469. The lowest BCUT2D eigenvalue weighted by Crippen LogP contribution is -2.60. The van der Waals surface area contributed by atoms with Crippen molar-refractivity contribution >= 4 is 5.97 Å². The second-order valence-corrected chi connectivity index (χ2v) is 7.87. The Morgan fingerprint density at radius 3 is 2.56 bits per heavy atom. The van der Waals surface area contributed by atoms with Gasteiger partial charge in [-0.3, -0.25) is 15.0 Å². The molecule has 7 nitrogen and oxygen atoms in total. The number of nitrogens with one attached hydrogen (secondary N) is 1. The second-order valence-electron chi connectivity index (χ2n) is 7.87. The van der Waals surface area contributed by atoms with E-state index in [0.29, 0.717) is 5.82 Å². The fourth-order valence-corrected chi connectivity index (χ4v) is 3.55. The summed E-state index contributed by atoms with van der Waals surface area (Å²) in [6.07, 6.45) is 4.74. The third-order valence-electron chi connectivity index (χ3n) is 5.14. The summed E-state index contributed by atoms with van der Waals surface area (Å²) in [7, 11) is 2.12. The summed E-state index contributed by atoms with van der Waals surface area (Å²) >= 11 is 0. The SMILES string of the molecule is CN1C(C)(C)CC(OC(=O)c2nc(-c3cccnc3)n[nH]2)CC1(C)C. The number of pyridine rings is 1. The topological polar surface area (TPSA) is 84.0 Å². The molecule has 1 N–H and O–H groups in total. The van der Waals surface area contributed by atoms with Gasteiger partial charge in [-0.2, -0.15) is 5.10 Å². The van der Waals surface area contributed by atoms with Crippen LogP contribution in [0.4, 0.5) is 0 Å². The van der Waals surface area contributed by atoms with Crippen LogP contribution in [0, 0.1) is 0 Å². The van der Waals surface area contributed by atoms with Crippen LogP contribution in [0.25, 0.3) is 11.4 Å². The molecule has 3 rings (SSSR count). The molecule has 1 aliphatic rings. The van der Waals surface area contributed by atoms with Crippen LogP contribution in [0.15, 0.2) is 24.5 Å². The van der Waals surface area contributed by atoms with Crippen LogP contribution in [-0.2, 0) is 4.74 Å². The highest BCUT2D eigenvalue weighted by Gasteiger charge is 2.44. The Bertz CT molecular complexity index is 736. The number of esters is 1. The van der Waals surface area contributed by atoms with Crippen molar-refractivity contribution < 1.29 is 9.53 Å². The van der Waals surface area contributed by atoms with Crippen LogP contribution in [0.3, 0.4) is 0 Å². The number of H-pyrrole nitrogens is 1. The van der Waals surface area contributed by atoms with Crippen molar-refractivity contribution in [3.05, 3.63) is 30.4 Å². The van der Waals surface area contributed by atoms with E-state index in [9.17, 15) is 4.79 Å². The van der Waals surface area contributed by atoms with Gasteiger partial charge in [-0.05, 0) is 46.9 Å². The Hall–Kier alpha value is -2.28. The minimum absolute atomic E-state index is 0.0466. The van der Waals surface area contributed by atoms with E-state index in [-0.39, 0.29) is 23.0 Å². The number of carbonyl (C=O) groups is 1. The molecule has 1 fully saturated rings. The Labute approximate surface area is 147 Å². The predicted octanol–water partition coefficient (Wildman–Crippen LogP) is 2.67. The van der Waals surface area contributed by atoms with Crippen molar-refractivity contribution in [2.45, 2.75) is 57.7 Å². The van der Waals surface area contributed by atoms with E-state index in [1.54, 1.807) is 18.5 Å². The minimum Gasteiger partial charge on any atom is -0.456 e. The molecule has 0 bridgehead atoms. The van der Waals surface area contributed by atoms with Gasteiger partial charge < -0.3 is 4.74 Å². The zero-order chi connectivity index (χ0) is 18.2. The van der Waals surface area contributed by atoms with E-state index < -0.39 is 5.97 Å². The molecule has 0 spiro atoms. The van der Waals surface area contributed by atoms with E-state index in [2.05, 4.69) is 59.8 Å². The van der Waals surface area contributed by atoms with E-state index in [4.69, 9.17) is 4.74 Å². The molecular weight excluding hydrogens is 318 g/mol. The van der Waals surface area contributed by atoms with Crippen molar-refractivity contribution in [1.82, 2.24) is 25.1 Å². The van der Waals surface area contributed by atoms with Gasteiger partial charge in [0.2, 0.25) is 5.82 Å². The molecule has 0 saturated carbocycles. The van der Waals surface area contributed by atoms with Gasteiger partial charge in [0.25, 0.3) is 0 Å². The van der Waals surface area contributed by atoms with Crippen LogP contribution >= 0.6 is 0 Å². The Morgan fingerprint density at radius 2 is 1.96 bits per heavy atom. The highest BCUT2D eigenvalue weighted by atomic mass is 16.5. The first kappa shape index (κ1) is 17.5. The first-order valence-electron chi connectivity index (χ1n) is 8.47. The number of nitrogens with zero attached hydrogens (tertiary/aromatic N) is 4. The number of likely N-dealkylation sites (tertiary alicyclic amines) is 1. The molecule has 1 aliphatic heterocycles. The van der Waals surface area contributed by atoms with Crippen LogP contribution in [0.1, 0.15) is 51.2 Å². The molecule has 2 aromatic heterocycles. The van der Waals surface area contributed by atoms with Crippen molar-refractivity contribution in [2.24, 2.45) is 0 Å². The lowest BCUT2D eigenvalue weighted by molar-refractivity contribution is -0.0735. The van der Waals surface area contributed by atoms with Crippen LogP contribution < -0.4 is 0 Å². The number of hydrogen-bond acceptors (Lipinski definition) is 6. The number of piperidine rings is 1. The van der Waals surface area contributed by atoms with Crippen molar-refractivity contribution in [2.75, 3.05) is 7.05 Å². The van der Waals surface area contributed by atoms with E-state index in [1.807, 2.05) is 6.07 Å². The van der Waals surface area contributed by atoms with E-state index >= 15 is 0 Å². The Balaban J connectivity index is 1.72. The molecule has 0 radical (unpaired) electrons. The van der Waals surface area contributed by atoms with E-state index in [1.165, 1.54) is 0 Å². The molecule has 3 heterocycles. The fraction of sp³-hybridized carbons (Fsp3) is 0.556. The fourth-order valence-electron chi connectivity index (χ4n) is 3.55. The van der Waals surface area contributed by atoms with Crippen molar-refractivity contribution in [3.8, 4) is 11.4 Å². The zero-order valence-electron chi connectivity index (χ0n) is 15.4. The molecule has 2 aromatic rings. The summed E-state index contributed by atoms with van der Waals surface area (Å²) in [6.45, 7) is 8.68. The summed E-state index contributed by atoms with van der Waals surface area (Å²) in [4.78, 5) is 23.1. The van der Waals surface area contributed by atoms with Crippen molar-refractivity contribution in [1.29, 1.82) is 0 Å². The third-order valence-corrected chi connectivity index (χ3v) is 5.14. The largest absolute Gasteiger partial charge is 0.456 e. The van der Waals surface area contributed by atoms with Gasteiger partial charge in [0.05, 0.1) is 0 Å². The van der Waals surface area contributed by atoms with Gasteiger partial charge in [0, 0.05) is 41.9 Å². The molecule has 0 amide bonds. The first-order valence-corrected chi connectivity index (χ1v) is 8.47. The highest BCUT2D eigenvalue weighted by Crippen LogP contribution is 2.38. The highest BCUT2D eigenvalue weighted by molar-refractivity contribution is 5.85. The average Bonchev–Trinajstić information content (AvgIpc) is 3.03. The normalized spacial score (nSPS) is 20.4. The lowest BCUT2D eigenvalue weighted by Gasteiger charge is -2.53. The number of hydrogen-bond donors (Lipinski definition) is 1. The molecule has 1 saturated heterocycles. The van der Waals surface area contributed by atoms with Gasteiger partial charge in [-0.15, -0.1) is 0 Å². The van der Waals surface area contributed by atoms with Crippen molar-refractivity contribution in [3.63, 3.8) is 0 Å². The summed E-state index contributed by atoms with van der Waals surface area (Å²) in [5, 5.41) is 6.75. The molecule has 0 aromatic carbocycles. The number of rotatable bonds is 3.